The van der Waals surface area contributed by atoms with Crippen molar-refractivity contribution in [1.82, 2.24) is 15.1 Å². The summed E-state index contributed by atoms with van der Waals surface area (Å²) in [6, 6.07) is 5.42. The second-order valence-corrected chi connectivity index (χ2v) is 5.64. The van der Waals surface area contributed by atoms with Crippen molar-refractivity contribution in [3.8, 4) is 0 Å². The van der Waals surface area contributed by atoms with Crippen molar-refractivity contribution in [2.75, 3.05) is 40.8 Å². The van der Waals surface area contributed by atoms with Crippen molar-refractivity contribution in [3.05, 3.63) is 35.1 Å². The van der Waals surface area contributed by atoms with Gasteiger partial charge in [-0.25, -0.2) is 4.39 Å². The number of nitrogens with zero attached hydrogens (tertiary/aromatic N) is 2. The van der Waals surface area contributed by atoms with Gasteiger partial charge in [-0.05, 0) is 45.7 Å². The summed E-state index contributed by atoms with van der Waals surface area (Å²) < 4.78 is 13.9. The molecule has 0 atom stereocenters. The summed E-state index contributed by atoms with van der Waals surface area (Å²) >= 11 is 0. The van der Waals surface area contributed by atoms with Gasteiger partial charge in [-0.15, -0.1) is 0 Å². The van der Waals surface area contributed by atoms with Crippen LogP contribution in [-0.4, -0.2) is 50.6 Å². The van der Waals surface area contributed by atoms with E-state index in [2.05, 4.69) is 36.1 Å². The van der Waals surface area contributed by atoms with E-state index in [1.54, 1.807) is 6.07 Å². The molecule has 0 amide bonds. The second kappa shape index (κ2) is 9.06. The van der Waals surface area contributed by atoms with E-state index in [0.717, 1.165) is 43.7 Å². The second-order valence-electron chi connectivity index (χ2n) is 5.64. The van der Waals surface area contributed by atoms with Crippen LogP contribution in [0.1, 0.15) is 24.5 Å². The van der Waals surface area contributed by atoms with Crippen LogP contribution in [-0.2, 0) is 13.1 Å². The molecule has 1 rings (SSSR count). The summed E-state index contributed by atoms with van der Waals surface area (Å²) in [5, 5.41) is 3.35. The maximum atomic E-state index is 13.9. The van der Waals surface area contributed by atoms with E-state index >= 15 is 0 Å². The maximum Gasteiger partial charge on any atom is 0.127 e. The quantitative estimate of drug-likeness (QED) is 0.701. The molecule has 1 N–H and O–H groups in total. The van der Waals surface area contributed by atoms with Gasteiger partial charge in [0.15, 0.2) is 0 Å². The average Bonchev–Trinajstić information content (AvgIpc) is 2.40. The third kappa shape index (κ3) is 6.46. The lowest BCUT2D eigenvalue weighted by Gasteiger charge is -2.20. The van der Waals surface area contributed by atoms with Crippen molar-refractivity contribution in [2.24, 2.45) is 0 Å². The fourth-order valence-corrected chi connectivity index (χ4v) is 2.01. The van der Waals surface area contributed by atoms with Crippen LogP contribution in [0, 0.1) is 5.82 Å². The molecule has 4 heteroatoms. The Morgan fingerprint density at radius 3 is 2.55 bits per heavy atom. The summed E-state index contributed by atoms with van der Waals surface area (Å²) in [6.45, 7) is 6.52. The molecule has 3 nitrogen and oxygen atoms in total. The Labute approximate surface area is 122 Å². The molecule has 0 aliphatic heterocycles. The molecule has 0 saturated heterocycles. The molecule has 0 fully saturated rings. The molecule has 0 unspecified atom stereocenters. The Morgan fingerprint density at radius 1 is 1.15 bits per heavy atom. The molecule has 0 spiro atoms. The fraction of sp³-hybridized carbons (Fsp3) is 0.625. The lowest BCUT2D eigenvalue weighted by molar-refractivity contribution is 0.273. The van der Waals surface area contributed by atoms with Gasteiger partial charge < -0.3 is 15.1 Å². The number of hydrogen-bond donors (Lipinski definition) is 1. The van der Waals surface area contributed by atoms with E-state index in [0.29, 0.717) is 6.54 Å². The molecule has 1 aromatic carbocycles. The molecular weight excluding hydrogens is 253 g/mol. The topological polar surface area (TPSA) is 18.5 Å². The first-order valence-corrected chi connectivity index (χ1v) is 7.34. The lowest BCUT2D eigenvalue weighted by atomic mass is 10.1. The van der Waals surface area contributed by atoms with E-state index in [-0.39, 0.29) is 5.82 Å². The van der Waals surface area contributed by atoms with E-state index in [1.165, 1.54) is 0 Å². The Hall–Kier alpha value is -0.970. The monoisotopic (exact) mass is 281 g/mol. The van der Waals surface area contributed by atoms with Crippen LogP contribution in [0.5, 0.6) is 0 Å². The van der Waals surface area contributed by atoms with Gasteiger partial charge >= 0.3 is 0 Å². The molecule has 0 saturated carbocycles. The van der Waals surface area contributed by atoms with Crippen LogP contribution in [0.25, 0.3) is 0 Å². The third-order valence-electron chi connectivity index (χ3n) is 3.24. The van der Waals surface area contributed by atoms with Gasteiger partial charge in [0.25, 0.3) is 0 Å². The van der Waals surface area contributed by atoms with Gasteiger partial charge in [-0.2, -0.15) is 0 Å². The van der Waals surface area contributed by atoms with Crippen molar-refractivity contribution in [3.63, 3.8) is 0 Å². The third-order valence-corrected chi connectivity index (χ3v) is 3.24. The highest BCUT2D eigenvalue weighted by atomic mass is 19.1. The molecular formula is C16H28FN3. The minimum Gasteiger partial charge on any atom is -0.313 e. The van der Waals surface area contributed by atoms with Crippen molar-refractivity contribution in [2.45, 2.75) is 26.4 Å². The van der Waals surface area contributed by atoms with E-state index in [9.17, 15) is 4.39 Å². The number of nitrogens with one attached hydrogen (secondary N) is 1. The summed E-state index contributed by atoms with van der Waals surface area (Å²) in [5.41, 5.74) is 1.93. The molecule has 0 heterocycles. The van der Waals surface area contributed by atoms with E-state index < -0.39 is 0 Å². The van der Waals surface area contributed by atoms with Crippen LogP contribution in [0.2, 0.25) is 0 Å². The number of hydrogen-bond acceptors (Lipinski definition) is 3. The van der Waals surface area contributed by atoms with Crippen LogP contribution < -0.4 is 5.32 Å². The predicted molar refractivity (Wildman–Crippen MR) is 83.3 cm³/mol. The van der Waals surface area contributed by atoms with E-state index in [4.69, 9.17) is 0 Å². The minimum atomic E-state index is -0.110. The normalized spacial score (nSPS) is 11.6. The molecule has 0 aromatic heterocycles. The first-order valence-electron chi connectivity index (χ1n) is 7.34. The van der Waals surface area contributed by atoms with E-state index in [1.807, 2.05) is 19.2 Å². The molecule has 1 aromatic rings. The lowest BCUT2D eigenvalue weighted by Crippen LogP contribution is -2.28. The number of rotatable bonds is 9. The minimum absolute atomic E-state index is 0.110. The molecule has 114 valence electrons. The van der Waals surface area contributed by atoms with Crippen molar-refractivity contribution < 1.29 is 4.39 Å². The highest BCUT2D eigenvalue weighted by Gasteiger charge is 2.07. The van der Waals surface area contributed by atoms with Gasteiger partial charge in [0.05, 0.1) is 0 Å². The molecule has 0 aliphatic carbocycles. The highest BCUT2D eigenvalue weighted by Crippen LogP contribution is 2.12. The van der Waals surface area contributed by atoms with Crippen LogP contribution in [0.15, 0.2) is 18.2 Å². The number of likely N-dealkylation sites (N-methyl/N-ethyl adjacent to an activating group) is 2. The van der Waals surface area contributed by atoms with Crippen molar-refractivity contribution >= 4 is 0 Å². The molecule has 0 aliphatic rings. The smallest absolute Gasteiger partial charge is 0.127 e. The Balaban J connectivity index is 2.56. The standard InChI is InChI=1S/C16H28FN3/c1-5-8-18-12-14-6-7-16(17)15(11-14)13-20(4)10-9-19(2)3/h6-7,11,18H,5,8-10,12-13H2,1-4H3. The zero-order chi connectivity index (χ0) is 15.0. The summed E-state index contributed by atoms with van der Waals surface area (Å²) in [5.74, 6) is -0.110. The zero-order valence-corrected chi connectivity index (χ0v) is 13.2. The maximum absolute atomic E-state index is 13.9. The Bertz CT molecular complexity index is 393. The van der Waals surface area contributed by atoms with Gasteiger partial charge in [-0.3, -0.25) is 0 Å². The summed E-state index contributed by atoms with van der Waals surface area (Å²) in [6.07, 6.45) is 1.11. The van der Waals surface area contributed by atoms with Gasteiger partial charge in [-0.1, -0.05) is 19.1 Å². The molecule has 0 bridgehead atoms. The number of halogens is 1. The summed E-state index contributed by atoms with van der Waals surface area (Å²) in [4.78, 5) is 4.29. The number of benzene rings is 1. The average molecular weight is 281 g/mol. The molecule has 20 heavy (non-hydrogen) atoms. The Kier molecular flexibility index (Phi) is 7.73. The van der Waals surface area contributed by atoms with Gasteiger partial charge in [0, 0.05) is 31.7 Å². The van der Waals surface area contributed by atoms with Gasteiger partial charge in [0.2, 0.25) is 0 Å². The zero-order valence-electron chi connectivity index (χ0n) is 13.2. The highest BCUT2D eigenvalue weighted by molar-refractivity contribution is 5.25. The largest absolute Gasteiger partial charge is 0.313 e. The van der Waals surface area contributed by atoms with Crippen LogP contribution >= 0.6 is 0 Å². The van der Waals surface area contributed by atoms with Gasteiger partial charge in [0.1, 0.15) is 5.82 Å². The predicted octanol–water partition coefficient (Wildman–Crippen LogP) is 2.32. The Morgan fingerprint density at radius 2 is 1.90 bits per heavy atom. The van der Waals surface area contributed by atoms with Crippen LogP contribution in [0.4, 0.5) is 4.39 Å². The SMILES string of the molecule is CCCNCc1ccc(F)c(CN(C)CCN(C)C)c1. The molecule has 0 radical (unpaired) electrons. The fourth-order valence-electron chi connectivity index (χ4n) is 2.01. The first-order chi connectivity index (χ1) is 9.52. The first kappa shape index (κ1) is 17.1. The summed E-state index contributed by atoms with van der Waals surface area (Å²) in [7, 11) is 6.13. The van der Waals surface area contributed by atoms with Crippen molar-refractivity contribution in [1.29, 1.82) is 0 Å². The van der Waals surface area contributed by atoms with Crippen LogP contribution in [0.3, 0.4) is 0 Å².